The summed E-state index contributed by atoms with van der Waals surface area (Å²) in [4.78, 5) is 40.5. The average Bonchev–Trinajstić information content (AvgIpc) is 2.77. The van der Waals surface area contributed by atoms with Gasteiger partial charge in [-0.05, 0) is 18.9 Å². The fourth-order valence-electron chi connectivity index (χ4n) is 2.89. The van der Waals surface area contributed by atoms with Crippen LogP contribution in [0.2, 0.25) is 0 Å². The first kappa shape index (κ1) is 24.6. The van der Waals surface area contributed by atoms with E-state index in [1.807, 2.05) is 30.3 Å². The highest BCUT2D eigenvalue weighted by molar-refractivity contribution is 5.98. The number of pyridine rings is 1. The molecule has 1 aromatic heterocycles. The van der Waals surface area contributed by atoms with Crippen LogP contribution in [0, 0.1) is 0 Å². The number of carbonyl (C=O) groups excluding carboxylic acids is 3. The molecule has 2 atom stereocenters. The molecule has 1 unspecified atom stereocenters. The summed E-state index contributed by atoms with van der Waals surface area (Å²) in [6.45, 7) is 4.36. The van der Waals surface area contributed by atoms with E-state index in [1.54, 1.807) is 13.8 Å². The number of benzene rings is 1. The van der Waals surface area contributed by atoms with E-state index in [1.165, 1.54) is 26.3 Å². The van der Waals surface area contributed by atoms with Gasteiger partial charge in [-0.1, -0.05) is 37.3 Å². The summed E-state index contributed by atoms with van der Waals surface area (Å²) in [5.74, 6) is -1.52. The molecular weight excluding hydrogens is 416 g/mol. The quantitative estimate of drug-likeness (QED) is 0.416. The second-order valence-electron chi connectivity index (χ2n) is 6.96. The third-order valence-corrected chi connectivity index (χ3v) is 4.45. The Morgan fingerprint density at radius 1 is 1.12 bits per heavy atom. The van der Waals surface area contributed by atoms with E-state index in [-0.39, 0.29) is 23.3 Å². The lowest BCUT2D eigenvalue weighted by Gasteiger charge is -2.20. The molecule has 0 bridgehead atoms. The van der Waals surface area contributed by atoms with Gasteiger partial charge in [-0.2, -0.15) is 0 Å². The van der Waals surface area contributed by atoms with E-state index in [2.05, 4.69) is 10.3 Å². The maximum Gasteiger partial charge on any atom is 0.328 e. The number of hydrogen-bond acceptors (Lipinski definition) is 8. The van der Waals surface area contributed by atoms with Gasteiger partial charge < -0.3 is 24.3 Å². The maximum absolute atomic E-state index is 12.9. The van der Waals surface area contributed by atoms with Crippen molar-refractivity contribution in [1.82, 2.24) is 10.3 Å². The summed E-state index contributed by atoms with van der Waals surface area (Å²) in [5, 5.41) is 2.62. The molecule has 2 aromatic rings. The second kappa shape index (κ2) is 12.3. The highest BCUT2D eigenvalue weighted by Crippen LogP contribution is 2.29. The van der Waals surface area contributed by atoms with E-state index in [4.69, 9.17) is 18.9 Å². The van der Waals surface area contributed by atoms with Crippen LogP contribution in [0.15, 0.2) is 42.6 Å². The lowest BCUT2D eigenvalue weighted by Crippen LogP contribution is -2.43. The lowest BCUT2D eigenvalue weighted by atomic mass is 10.1. The topological polar surface area (TPSA) is 113 Å². The Morgan fingerprint density at radius 3 is 2.47 bits per heavy atom. The molecule has 0 spiro atoms. The third-order valence-electron chi connectivity index (χ3n) is 4.45. The number of amides is 1. The van der Waals surface area contributed by atoms with Gasteiger partial charge in [0, 0.05) is 25.6 Å². The number of nitrogens with zero attached hydrogens (tertiary/aromatic N) is 1. The van der Waals surface area contributed by atoms with E-state index in [0.29, 0.717) is 12.8 Å². The second-order valence-corrected chi connectivity index (χ2v) is 6.96. The van der Waals surface area contributed by atoms with E-state index < -0.39 is 30.7 Å². The van der Waals surface area contributed by atoms with Gasteiger partial charge in [-0.3, -0.25) is 9.59 Å². The summed E-state index contributed by atoms with van der Waals surface area (Å²) in [6.07, 6.45) is 1.88. The van der Waals surface area contributed by atoms with E-state index in [0.717, 1.165) is 5.56 Å². The van der Waals surface area contributed by atoms with Crippen molar-refractivity contribution in [3.8, 4) is 11.5 Å². The van der Waals surface area contributed by atoms with E-state index in [9.17, 15) is 14.4 Å². The number of esters is 2. The molecule has 0 aliphatic heterocycles. The Morgan fingerprint density at radius 2 is 1.84 bits per heavy atom. The van der Waals surface area contributed by atoms with Crippen LogP contribution >= 0.6 is 0 Å². The molecule has 0 fully saturated rings. The molecular formula is C23H28N2O7. The molecule has 32 heavy (non-hydrogen) atoms. The molecule has 9 nitrogen and oxygen atoms in total. The van der Waals surface area contributed by atoms with Gasteiger partial charge in [0.15, 0.2) is 17.2 Å². The largest absolute Gasteiger partial charge is 0.493 e. The van der Waals surface area contributed by atoms with Gasteiger partial charge in [-0.15, -0.1) is 0 Å². The number of ether oxygens (including phenoxy) is 4. The van der Waals surface area contributed by atoms with Crippen molar-refractivity contribution in [1.29, 1.82) is 0 Å². The molecule has 0 saturated heterocycles. The Labute approximate surface area is 187 Å². The smallest absolute Gasteiger partial charge is 0.328 e. The van der Waals surface area contributed by atoms with Crippen LogP contribution in [0.1, 0.15) is 43.2 Å². The predicted molar refractivity (Wildman–Crippen MR) is 115 cm³/mol. The number of nitrogens with one attached hydrogen (secondary N) is 1. The van der Waals surface area contributed by atoms with Crippen molar-refractivity contribution in [3.63, 3.8) is 0 Å². The Bertz CT molecular complexity index is 918. The summed E-state index contributed by atoms with van der Waals surface area (Å²) >= 11 is 0. The first-order valence-electron chi connectivity index (χ1n) is 10.2. The van der Waals surface area contributed by atoms with Crippen molar-refractivity contribution in [3.05, 3.63) is 53.9 Å². The monoisotopic (exact) mass is 444 g/mol. The highest BCUT2D eigenvalue weighted by Gasteiger charge is 2.26. The Kier molecular flexibility index (Phi) is 9.46. The van der Waals surface area contributed by atoms with Gasteiger partial charge in [0.25, 0.3) is 5.91 Å². The van der Waals surface area contributed by atoms with Gasteiger partial charge >= 0.3 is 11.9 Å². The van der Waals surface area contributed by atoms with Crippen LogP contribution in [-0.2, 0) is 25.5 Å². The number of hydrogen-bond donors (Lipinski definition) is 1. The standard InChI is InChI=1S/C23H28N2O7/c1-5-18(23(28)32-15(2)13-17-9-7-6-8-10-17)25-22(27)20-21(31-14-30-16(3)26)19(29-4)11-12-24-20/h6-12,15,18H,5,13-14H2,1-4H3,(H,25,27)/t15?,18-/m0/s1. The van der Waals surface area contributed by atoms with Gasteiger partial charge in [0.2, 0.25) is 6.79 Å². The molecule has 2 rings (SSSR count). The summed E-state index contributed by atoms with van der Waals surface area (Å²) < 4.78 is 20.9. The van der Waals surface area contributed by atoms with E-state index >= 15 is 0 Å². The molecule has 0 saturated carbocycles. The summed E-state index contributed by atoms with van der Waals surface area (Å²) in [5.41, 5.74) is 0.931. The minimum absolute atomic E-state index is 0.00517. The van der Waals surface area contributed by atoms with Crippen LogP contribution in [0.25, 0.3) is 0 Å². The van der Waals surface area contributed by atoms with Crippen molar-refractivity contribution in [2.24, 2.45) is 0 Å². The van der Waals surface area contributed by atoms with Crippen molar-refractivity contribution < 1.29 is 33.3 Å². The molecule has 9 heteroatoms. The normalized spacial score (nSPS) is 12.2. The number of aromatic nitrogens is 1. The number of rotatable bonds is 11. The van der Waals surface area contributed by atoms with Crippen molar-refractivity contribution in [2.75, 3.05) is 13.9 Å². The minimum atomic E-state index is -0.880. The van der Waals surface area contributed by atoms with Crippen molar-refractivity contribution >= 4 is 17.8 Å². The number of carbonyl (C=O) groups is 3. The fourth-order valence-corrected chi connectivity index (χ4v) is 2.89. The zero-order chi connectivity index (χ0) is 23.5. The van der Waals surface area contributed by atoms with Crippen LogP contribution in [-0.4, -0.2) is 48.9 Å². The fraction of sp³-hybridized carbons (Fsp3) is 0.391. The lowest BCUT2D eigenvalue weighted by molar-refractivity contribution is -0.150. The first-order chi connectivity index (χ1) is 15.3. The maximum atomic E-state index is 12.9. The van der Waals surface area contributed by atoms with Gasteiger partial charge in [0.1, 0.15) is 12.1 Å². The predicted octanol–water partition coefficient (Wildman–Crippen LogP) is 2.67. The zero-order valence-corrected chi connectivity index (χ0v) is 18.6. The van der Waals surface area contributed by atoms with Crippen molar-refractivity contribution in [2.45, 2.75) is 45.8 Å². The van der Waals surface area contributed by atoms with Crippen LogP contribution in [0.5, 0.6) is 11.5 Å². The Hall–Kier alpha value is -3.62. The highest BCUT2D eigenvalue weighted by atomic mass is 16.7. The van der Waals surface area contributed by atoms with Gasteiger partial charge in [0.05, 0.1) is 7.11 Å². The van der Waals surface area contributed by atoms with Gasteiger partial charge in [-0.25, -0.2) is 9.78 Å². The molecule has 1 heterocycles. The summed E-state index contributed by atoms with van der Waals surface area (Å²) in [7, 11) is 1.40. The molecule has 1 aromatic carbocycles. The van der Waals surface area contributed by atoms with Crippen LogP contribution in [0.3, 0.4) is 0 Å². The third kappa shape index (κ3) is 7.26. The SMILES string of the molecule is CC[C@H](NC(=O)c1nccc(OC)c1OCOC(C)=O)C(=O)OC(C)Cc1ccccc1. The molecule has 0 aliphatic carbocycles. The average molecular weight is 444 g/mol. The molecule has 172 valence electrons. The van der Waals surface area contributed by atoms with Crippen LogP contribution in [0.4, 0.5) is 0 Å². The Balaban J connectivity index is 2.06. The number of methoxy groups -OCH3 is 1. The molecule has 1 N–H and O–H groups in total. The molecule has 0 aliphatic rings. The minimum Gasteiger partial charge on any atom is -0.493 e. The molecule has 0 radical (unpaired) electrons. The zero-order valence-electron chi connectivity index (χ0n) is 18.6. The summed E-state index contributed by atoms with van der Waals surface area (Å²) in [6, 6.07) is 10.3. The van der Waals surface area contributed by atoms with Crippen LogP contribution < -0.4 is 14.8 Å². The molecule has 1 amide bonds. The first-order valence-corrected chi connectivity index (χ1v) is 10.2.